The molecule has 0 aliphatic carbocycles. The second kappa shape index (κ2) is 10.2. The van der Waals surface area contributed by atoms with Crippen LogP contribution in [-0.4, -0.2) is 30.9 Å². The highest BCUT2D eigenvalue weighted by atomic mass is 79.9. The lowest BCUT2D eigenvalue weighted by atomic mass is 10.2. The maximum Gasteiger partial charge on any atom is 0.277 e. The summed E-state index contributed by atoms with van der Waals surface area (Å²) >= 11 is 16.6. The highest BCUT2D eigenvalue weighted by Gasteiger charge is 2.14. The summed E-state index contributed by atoms with van der Waals surface area (Å²) in [4.78, 5) is 12.0. The minimum Gasteiger partial charge on any atom is -0.506 e. The molecule has 0 saturated heterocycles. The number of nitrogens with zero attached hydrogens (tertiary/aromatic N) is 1. The standard InChI is InChI=1S/C16H11Br5N2O4/c1-26-12-3-7(17)2-11(20)16(12)27-6-13(24)23-22-5-8-9(18)4-10(19)15(25)14(8)21/h2-5,25H,6H2,1H3,(H,23,24). The molecule has 144 valence electrons. The fraction of sp³-hybridized carbons (Fsp3) is 0.125. The number of hydrazone groups is 1. The van der Waals surface area contributed by atoms with Crippen LogP contribution in [0.5, 0.6) is 17.2 Å². The minimum absolute atomic E-state index is 0.0292. The molecular weight excluding hydrogens is 684 g/mol. The fourth-order valence-corrected chi connectivity index (χ4v) is 5.51. The molecule has 0 unspecified atom stereocenters. The van der Waals surface area contributed by atoms with E-state index in [1.165, 1.54) is 13.3 Å². The summed E-state index contributed by atoms with van der Waals surface area (Å²) in [7, 11) is 1.51. The average molecular weight is 695 g/mol. The second-order valence-corrected chi connectivity index (χ2v) is 9.19. The van der Waals surface area contributed by atoms with Gasteiger partial charge in [0.15, 0.2) is 18.1 Å². The lowest BCUT2D eigenvalue weighted by molar-refractivity contribution is -0.123. The molecular formula is C16H11Br5N2O4. The summed E-state index contributed by atoms with van der Waals surface area (Å²) in [5.41, 5.74) is 2.93. The van der Waals surface area contributed by atoms with Crippen molar-refractivity contribution in [2.75, 3.05) is 13.7 Å². The van der Waals surface area contributed by atoms with E-state index in [1.807, 2.05) is 0 Å². The number of hydrogen-bond donors (Lipinski definition) is 2. The Labute approximate surface area is 197 Å². The monoisotopic (exact) mass is 690 g/mol. The topological polar surface area (TPSA) is 80.2 Å². The molecule has 0 aliphatic heterocycles. The van der Waals surface area contributed by atoms with Crippen molar-refractivity contribution in [3.05, 3.63) is 46.1 Å². The van der Waals surface area contributed by atoms with Gasteiger partial charge in [-0.2, -0.15) is 5.10 Å². The van der Waals surface area contributed by atoms with E-state index in [9.17, 15) is 9.90 Å². The number of nitrogens with one attached hydrogen (secondary N) is 1. The van der Waals surface area contributed by atoms with Crippen molar-refractivity contribution >= 4 is 91.8 Å². The van der Waals surface area contributed by atoms with Crippen molar-refractivity contribution in [2.45, 2.75) is 0 Å². The summed E-state index contributed by atoms with van der Waals surface area (Å²) in [5.74, 6) is 0.451. The molecule has 1 amide bonds. The van der Waals surface area contributed by atoms with Crippen LogP contribution in [0.3, 0.4) is 0 Å². The predicted octanol–water partition coefficient (Wildman–Crippen LogP) is 5.74. The molecule has 11 heteroatoms. The van der Waals surface area contributed by atoms with E-state index < -0.39 is 5.91 Å². The lowest BCUT2D eigenvalue weighted by Crippen LogP contribution is -2.24. The molecule has 0 bridgehead atoms. The zero-order valence-corrected chi connectivity index (χ0v) is 21.5. The summed E-state index contributed by atoms with van der Waals surface area (Å²) < 4.78 is 13.8. The molecule has 6 nitrogen and oxygen atoms in total. The minimum atomic E-state index is -0.461. The highest BCUT2D eigenvalue weighted by molar-refractivity contribution is 9.12. The van der Waals surface area contributed by atoms with Gasteiger partial charge in [-0.1, -0.05) is 31.9 Å². The van der Waals surface area contributed by atoms with Gasteiger partial charge in [0.2, 0.25) is 0 Å². The maximum atomic E-state index is 12.0. The molecule has 0 heterocycles. The second-order valence-electron chi connectivity index (χ2n) is 4.92. The van der Waals surface area contributed by atoms with Crippen LogP contribution in [0.2, 0.25) is 0 Å². The van der Waals surface area contributed by atoms with Crippen LogP contribution < -0.4 is 14.9 Å². The van der Waals surface area contributed by atoms with Crippen LogP contribution in [0.4, 0.5) is 0 Å². The summed E-state index contributed by atoms with van der Waals surface area (Å²) in [5, 5.41) is 13.8. The van der Waals surface area contributed by atoms with E-state index in [1.54, 1.807) is 18.2 Å². The first-order valence-electron chi connectivity index (χ1n) is 7.08. The molecule has 0 radical (unpaired) electrons. The molecule has 0 aromatic heterocycles. The fourth-order valence-electron chi connectivity index (χ4n) is 1.88. The Hall–Kier alpha value is -0.620. The van der Waals surface area contributed by atoms with E-state index in [0.717, 1.165) is 4.47 Å². The Bertz CT molecular complexity index is 905. The van der Waals surface area contributed by atoms with Crippen LogP contribution in [0.25, 0.3) is 0 Å². The Kier molecular flexibility index (Phi) is 8.60. The van der Waals surface area contributed by atoms with Crippen LogP contribution >= 0.6 is 79.6 Å². The van der Waals surface area contributed by atoms with Crippen LogP contribution in [0, 0.1) is 0 Å². The van der Waals surface area contributed by atoms with E-state index in [4.69, 9.17) is 9.47 Å². The number of halogens is 5. The highest BCUT2D eigenvalue weighted by Crippen LogP contribution is 2.39. The number of ether oxygens (including phenoxy) is 2. The third-order valence-electron chi connectivity index (χ3n) is 3.11. The van der Waals surface area contributed by atoms with Crippen molar-refractivity contribution < 1.29 is 19.4 Å². The van der Waals surface area contributed by atoms with Gasteiger partial charge in [-0.25, -0.2) is 5.43 Å². The lowest BCUT2D eigenvalue weighted by Gasteiger charge is -2.12. The number of carbonyl (C=O) groups excluding carboxylic acids is 1. The molecule has 2 aromatic rings. The summed E-state index contributed by atoms with van der Waals surface area (Å²) in [6, 6.07) is 5.18. The Morgan fingerprint density at radius 3 is 2.52 bits per heavy atom. The molecule has 0 fully saturated rings. The van der Waals surface area contributed by atoms with Crippen molar-refractivity contribution in [2.24, 2.45) is 5.10 Å². The first-order valence-corrected chi connectivity index (χ1v) is 11.0. The van der Waals surface area contributed by atoms with Gasteiger partial charge >= 0.3 is 0 Å². The number of methoxy groups -OCH3 is 1. The number of aromatic hydroxyl groups is 1. The van der Waals surface area contributed by atoms with E-state index in [0.29, 0.717) is 35.0 Å². The quantitative estimate of drug-likeness (QED) is 0.299. The molecule has 2 N–H and O–H groups in total. The van der Waals surface area contributed by atoms with Gasteiger partial charge in [0.25, 0.3) is 5.91 Å². The van der Waals surface area contributed by atoms with Crippen LogP contribution in [0.15, 0.2) is 45.7 Å². The third kappa shape index (κ3) is 5.93. The SMILES string of the molecule is COc1cc(Br)cc(Br)c1OCC(=O)NN=Cc1c(Br)cc(Br)c(O)c1Br. The van der Waals surface area contributed by atoms with Crippen LogP contribution in [-0.2, 0) is 4.79 Å². The average Bonchev–Trinajstić information content (AvgIpc) is 2.61. The zero-order valence-electron chi connectivity index (χ0n) is 13.5. The van der Waals surface area contributed by atoms with Gasteiger partial charge in [0.05, 0.1) is 26.7 Å². The molecule has 2 aromatic carbocycles. The first kappa shape index (κ1) is 22.7. The Morgan fingerprint density at radius 2 is 1.85 bits per heavy atom. The first-order chi connectivity index (χ1) is 12.7. The maximum absolute atomic E-state index is 12.0. The van der Waals surface area contributed by atoms with Crippen molar-refractivity contribution in [1.29, 1.82) is 0 Å². The molecule has 27 heavy (non-hydrogen) atoms. The number of amides is 1. The number of phenolic OH excluding ortho intramolecular Hbond substituents is 1. The number of phenols is 1. The van der Waals surface area contributed by atoms with Crippen molar-refractivity contribution in [1.82, 2.24) is 5.43 Å². The summed E-state index contributed by atoms with van der Waals surface area (Å²) in [6.07, 6.45) is 1.40. The molecule has 0 spiro atoms. The number of benzene rings is 2. The smallest absolute Gasteiger partial charge is 0.277 e. The van der Waals surface area contributed by atoms with Gasteiger partial charge < -0.3 is 14.6 Å². The van der Waals surface area contributed by atoms with Gasteiger partial charge in [0, 0.05) is 14.5 Å². The van der Waals surface area contributed by atoms with E-state index in [2.05, 4.69) is 90.2 Å². The Balaban J connectivity index is 2.02. The molecule has 0 aliphatic rings. The Morgan fingerprint density at radius 1 is 1.15 bits per heavy atom. The van der Waals surface area contributed by atoms with Gasteiger partial charge in [-0.05, 0) is 66.0 Å². The van der Waals surface area contributed by atoms with Gasteiger partial charge in [-0.15, -0.1) is 0 Å². The number of hydrogen-bond acceptors (Lipinski definition) is 5. The molecule has 0 atom stereocenters. The van der Waals surface area contributed by atoms with Crippen LogP contribution in [0.1, 0.15) is 5.56 Å². The normalized spacial score (nSPS) is 10.9. The number of rotatable bonds is 6. The summed E-state index contributed by atoms with van der Waals surface area (Å²) in [6.45, 7) is -0.262. The van der Waals surface area contributed by atoms with E-state index >= 15 is 0 Å². The third-order valence-corrected chi connectivity index (χ3v) is 6.22. The van der Waals surface area contributed by atoms with Crippen molar-refractivity contribution in [3.63, 3.8) is 0 Å². The van der Waals surface area contributed by atoms with Gasteiger partial charge in [0.1, 0.15) is 5.75 Å². The van der Waals surface area contributed by atoms with E-state index in [-0.39, 0.29) is 12.4 Å². The molecule has 0 saturated carbocycles. The number of carbonyl (C=O) groups is 1. The van der Waals surface area contributed by atoms with Crippen molar-refractivity contribution in [3.8, 4) is 17.2 Å². The van der Waals surface area contributed by atoms with Gasteiger partial charge in [-0.3, -0.25) is 4.79 Å². The zero-order chi connectivity index (χ0) is 20.1. The molecule has 2 rings (SSSR count). The largest absolute Gasteiger partial charge is 0.506 e. The predicted molar refractivity (Wildman–Crippen MR) is 121 cm³/mol.